The maximum absolute atomic E-state index is 12.2. The highest BCUT2D eigenvalue weighted by Gasteiger charge is 2.37. The van der Waals surface area contributed by atoms with Gasteiger partial charge in [0.1, 0.15) is 5.75 Å². The van der Waals surface area contributed by atoms with Crippen LogP contribution in [0.5, 0.6) is 5.75 Å². The molecule has 30 heavy (non-hydrogen) atoms. The Labute approximate surface area is 173 Å². The summed E-state index contributed by atoms with van der Waals surface area (Å²) >= 11 is 0. The van der Waals surface area contributed by atoms with Crippen molar-refractivity contribution in [3.8, 4) is 5.75 Å². The van der Waals surface area contributed by atoms with Gasteiger partial charge in [-0.1, -0.05) is 42.5 Å². The van der Waals surface area contributed by atoms with Crippen LogP contribution in [0.1, 0.15) is 42.5 Å². The van der Waals surface area contributed by atoms with Crippen LogP contribution >= 0.6 is 0 Å². The fraction of sp³-hybridized carbons (Fsp3) is 0.273. The summed E-state index contributed by atoms with van der Waals surface area (Å²) in [6, 6.07) is 17.9. The molecule has 1 saturated heterocycles. The van der Waals surface area contributed by atoms with Crippen LogP contribution in [0.2, 0.25) is 0 Å². The van der Waals surface area contributed by atoms with E-state index in [1.54, 1.807) is 11.8 Å². The Morgan fingerprint density at radius 3 is 2.33 bits per heavy atom. The second-order valence-corrected chi connectivity index (χ2v) is 7.44. The van der Waals surface area contributed by atoms with Gasteiger partial charge in [0, 0.05) is 12.8 Å². The van der Waals surface area contributed by atoms with Crippen LogP contribution in [0.3, 0.4) is 0 Å². The van der Waals surface area contributed by atoms with Crippen molar-refractivity contribution in [2.45, 2.75) is 31.3 Å². The topological polar surface area (TPSA) is 89.4 Å². The van der Waals surface area contributed by atoms with Gasteiger partial charge < -0.3 is 10.1 Å². The lowest BCUT2D eigenvalue weighted by Crippen LogP contribution is -2.30. The molecule has 2 aliphatic rings. The molecule has 3 heterocycles. The first-order chi connectivity index (χ1) is 14.6. The number of hydrogen-bond acceptors (Lipinski definition) is 6. The van der Waals surface area contributed by atoms with Crippen molar-refractivity contribution in [2.75, 3.05) is 17.3 Å². The highest BCUT2D eigenvalue weighted by Crippen LogP contribution is 2.39. The lowest BCUT2D eigenvalue weighted by molar-refractivity contribution is -0.121. The maximum atomic E-state index is 12.2. The Morgan fingerprint density at radius 1 is 0.967 bits per heavy atom. The van der Waals surface area contributed by atoms with E-state index in [0.29, 0.717) is 5.95 Å². The van der Waals surface area contributed by atoms with Gasteiger partial charge in [-0.2, -0.15) is 4.98 Å². The second-order valence-electron chi connectivity index (χ2n) is 7.44. The minimum Gasteiger partial charge on any atom is -0.497 e. The van der Waals surface area contributed by atoms with Gasteiger partial charge in [-0.25, -0.2) is 9.58 Å². The van der Waals surface area contributed by atoms with E-state index in [1.807, 2.05) is 42.5 Å². The van der Waals surface area contributed by atoms with Crippen LogP contribution in [-0.4, -0.2) is 33.7 Å². The van der Waals surface area contributed by atoms with Crippen molar-refractivity contribution >= 4 is 23.7 Å². The predicted molar refractivity (Wildman–Crippen MR) is 110 cm³/mol. The van der Waals surface area contributed by atoms with Gasteiger partial charge in [-0.05, 0) is 29.7 Å². The van der Waals surface area contributed by atoms with Gasteiger partial charge in [-0.3, -0.25) is 9.59 Å². The minimum atomic E-state index is -0.258. The van der Waals surface area contributed by atoms with Gasteiger partial charge in [0.2, 0.25) is 17.8 Å². The van der Waals surface area contributed by atoms with E-state index in [1.165, 1.54) is 0 Å². The number of nitrogens with one attached hydrogen (secondary N) is 1. The molecule has 8 heteroatoms. The Bertz CT molecular complexity index is 1080. The van der Waals surface area contributed by atoms with E-state index < -0.39 is 0 Å². The molecule has 0 radical (unpaired) electrons. The third-order valence-corrected chi connectivity index (χ3v) is 5.63. The second kappa shape index (κ2) is 7.29. The summed E-state index contributed by atoms with van der Waals surface area (Å²) in [5.74, 6) is 0.960. The van der Waals surface area contributed by atoms with E-state index in [2.05, 4.69) is 27.5 Å². The zero-order chi connectivity index (χ0) is 20.7. The maximum Gasteiger partial charge on any atom is 0.260 e. The molecule has 1 N–H and O–H groups in total. The molecule has 1 aromatic heterocycles. The molecule has 0 unspecified atom stereocenters. The number of carbonyl (C=O) groups excluding carboxylic acids is 2. The normalized spacial score (nSPS) is 20.8. The molecule has 0 bridgehead atoms. The van der Waals surface area contributed by atoms with E-state index in [-0.39, 0.29) is 42.7 Å². The number of fused-ring (bicyclic) bond motifs is 1. The largest absolute Gasteiger partial charge is 0.497 e. The van der Waals surface area contributed by atoms with Crippen LogP contribution < -0.4 is 15.0 Å². The zero-order valence-corrected chi connectivity index (χ0v) is 16.5. The third-order valence-electron chi connectivity index (χ3n) is 5.63. The number of nitrogens with zero attached hydrogens (tertiary/aromatic N) is 4. The molecule has 0 aliphatic carbocycles. The standard InChI is InChI=1S/C22H21N5O3/c1-30-16-9-7-14(8-10-16)17-13-18(15-5-3-2-4-6-15)27-21(23-17)24-22(25-27)26-19(28)11-12-20(26)29/h2-10,17-18H,11-13H2,1H3,(H,23,24,25)/t17-,18+/m1/s1. The number of anilines is 2. The highest BCUT2D eigenvalue weighted by atomic mass is 16.5. The lowest BCUT2D eigenvalue weighted by Gasteiger charge is -2.31. The number of benzene rings is 2. The molecule has 5 rings (SSSR count). The number of carbonyl (C=O) groups is 2. The summed E-state index contributed by atoms with van der Waals surface area (Å²) in [7, 11) is 1.64. The fourth-order valence-electron chi connectivity index (χ4n) is 4.07. The summed E-state index contributed by atoms with van der Waals surface area (Å²) in [4.78, 5) is 30.0. The molecule has 2 atom stereocenters. The van der Waals surface area contributed by atoms with Crippen LogP contribution in [-0.2, 0) is 9.59 Å². The van der Waals surface area contributed by atoms with Gasteiger partial charge >= 0.3 is 0 Å². The van der Waals surface area contributed by atoms with Crippen LogP contribution in [0, 0.1) is 0 Å². The Kier molecular flexibility index (Phi) is 4.46. The van der Waals surface area contributed by atoms with E-state index in [0.717, 1.165) is 28.2 Å². The molecule has 2 aliphatic heterocycles. The number of aromatic nitrogens is 3. The van der Waals surface area contributed by atoms with Crippen molar-refractivity contribution in [3.05, 3.63) is 65.7 Å². The minimum absolute atomic E-state index is 0.00403. The molecule has 0 saturated carbocycles. The fourth-order valence-corrected chi connectivity index (χ4v) is 4.07. The molecule has 152 valence electrons. The Balaban J connectivity index is 1.55. The average Bonchev–Trinajstić information content (AvgIpc) is 3.35. The molecule has 0 spiro atoms. The molecule has 2 amide bonds. The molecule has 8 nitrogen and oxygen atoms in total. The highest BCUT2D eigenvalue weighted by molar-refractivity contribution is 6.18. The monoisotopic (exact) mass is 403 g/mol. The molecular weight excluding hydrogens is 382 g/mol. The van der Waals surface area contributed by atoms with Crippen LogP contribution in [0.4, 0.5) is 11.9 Å². The Hall–Kier alpha value is -3.68. The number of amides is 2. The van der Waals surface area contributed by atoms with Gasteiger partial charge in [-0.15, -0.1) is 5.10 Å². The van der Waals surface area contributed by atoms with E-state index >= 15 is 0 Å². The van der Waals surface area contributed by atoms with Crippen LogP contribution in [0.15, 0.2) is 54.6 Å². The molecule has 1 fully saturated rings. The van der Waals surface area contributed by atoms with E-state index in [4.69, 9.17) is 4.74 Å². The SMILES string of the molecule is COc1ccc([C@H]2C[C@@H](c3ccccc3)n3nc(N4C(=O)CCC4=O)nc3N2)cc1. The van der Waals surface area contributed by atoms with Gasteiger partial charge in [0.15, 0.2) is 0 Å². The van der Waals surface area contributed by atoms with Crippen molar-refractivity contribution in [3.63, 3.8) is 0 Å². The average molecular weight is 403 g/mol. The van der Waals surface area contributed by atoms with Crippen molar-refractivity contribution < 1.29 is 14.3 Å². The first-order valence-electron chi connectivity index (χ1n) is 9.92. The summed E-state index contributed by atoms with van der Waals surface area (Å²) in [6.45, 7) is 0. The van der Waals surface area contributed by atoms with Crippen LogP contribution in [0.25, 0.3) is 0 Å². The molecule has 3 aromatic rings. The molecular formula is C22H21N5O3. The number of rotatable bonds is 4. The summed E-state index contributed by atoms with van der Waals surface area (Å²) in [5.41, 5.74) is 2.19. The van der Waals surface area contributed by atoms with E-state index in [9.17, 15) is 9.59 Å². The first-order valence-corrected chi connectivity index (χ1v) is 9.92. The smallest absolute Gasteiger partial charge is 0.260 e. The Morgan fingerprint density at radius 2 is 1.67 bits per heavy atom. The quantitative estimate of drug-likeness (QED) is 0.674. The predicted octanol–water partition coefficient (Wildman–Crippen LogP) is 3.09. The van der Waals surface area contributed by atoms with Gasteiger partial charge in [0.05, 0.1) is 19.2 Å². The number of ether oxygens (including phenoxy) is 1. The van der Waals surface area contributed by atoms with Gasteiger partial charge in [0.25, 0.3) is 5.95 Å². The third kappa shape index (κ3) is 3.10. The molecule has 2 aromatic carbocycles. The van der Waals surface area contributed by atoms with Crippen molar-refractivity contribution in [1.82, 2.24) is 14.8 Å². The first kappa shape index (κ1) is 18.4. The summed E-state index contributed by atoms with van der Waals surface area (Å²) < 4.78 is 7.05. The summed E-state index contributed by atoms with van der Waals surface area (Å²) in [5, 5.41) is 7.98. The summed E-state index contributed by atoms with van der Waals surface area (Å²) in [6.07, 6.45) is 1.15. The number of hydrogen-bond donors (Lipinski definition) is 1. The van der Waals surface area contributed by atoms with Crippen molar-refractivity contribution in [1.29, 1.82) is 0 Å². The number of methoxy groups -OCH3 is 1. The number of imide groups is 1. The lowest BCUT2D eigenvalue weighted by atomic mass is 9.93. The zero-order valence-electron chi connectivity index (χ0n) is 16.5. The van der Waals surface area contributed by atoms with Crippen molar-refractivity contribution in [2.24, 2.45) is 0 Å².